The summed E-state index contributed by atoms with van der Waals surface area (Å²) in [5, 5.41) is 8.62. The van der Waals surface area contributed by atoms with Crippen LogP contribution in [-0.4, -0.2) is 56.9 Å². The third-order valence-electron chi connectivity index (χ3n) is 8.71. The van der Waals surface area contributed by atoms with E-state index in [4.69, 9.17) is 24.1 Å². The monoisotopic (exact) mass is 795 g/mol. The Kier molecular flexibility index (Phi) is 14.4. The summed E-state index contributed by atoms with van der Waals surface area (Å²) in [7, 11) is 6.48. The molecule has 2 fully saturated rings. The summed E-state index contributed by atoms with van der Waals surface area (Å²) < 4.78 is 22.3. The van der Waals surface area contributed by atoms with Crippen molar-refractivity contribution in [2.24, 2.45) is 0 Å². The third kappa shape index (κ3) is 10.2. The van der Waals surface area contributed by atoms with Gasteiger partial charge in [-0.3, -0.25) is 4.79 Å². The Morgan fingerprint density at radius 2 is 1.18 bits per heavy atom. The molecule has 0 radical (unpaired) electrons. The van der Waals surface area contributed by atoms with E-state index in [0.29, 0.717) is 17.1 Å². The van der Waals surface area contributed by atoms with Gasteiger partial charge in [-0.25, -0.2) is 4.79 Å². The molecule has 1 aliphatic heterocycles. The van der Waals surface area contributed by atoms with Gasteiger partial charge in [-0.05, 0) is 135 Å². The van der Waals surface area contributed by atoms with Crippen molar-refractivity contribution in [2.75, 3.05) is 35.0 Å². The maximum Gasteiger partial charge on any atom is 0.335 e. The minimum absolute atomic E-state index is 0.0334. The van der Waals surface area contributed by atoms with Crippen molar-refractivity contribution in [2.45, 2.75) is 50.5 Å². The summed E-state index contributed by atoms with van der Waals surface area (Å²) in [6.45, 7) is 0.763. The minimum Gasteiger partial charge on any atom is -0.497 e. The van der Waals surface area contributed by atoms with Crippen LogP contribution in [0.4, 0.5) is 0 Å². The SMILES string of the molecule is COc1cc(C(=O)O)ccc1Br.COc1cccc(C2CCCC2)c1.COc1cccc(C2CCCN2C(=O)c2ccc(Br)c(OC)c2)c1. The number of ether oxygens (including phenoxy) is 4. The Balaban J connectivity index is 0.000000182. The van der Waals surface area contributed by atoms with Crippen LogP contribution in [0.3, 0.4) is 0 Å². The van der Waals surface area contributed by atoms with Gasteiger partial charge in [-0.2, -0.15) is 0 Å². The van der Waals surface area contributed by atoms with Crippen LogP contribution in [0.5, 0.6) is 23.0 Å². The molecule has 49 heavy (non-hydrogen) atoms. The number of carboxylic acids is 1. The van der Waals surface area contributed by atoms with Gasteiger partial charge >= 0.3 is 5.97 Å². The highest BCUT2D eigenvalue weighted by Crippen LogP contribution is 2.36. The molecule has 4 aromatic carbocycles. The van der Waals surface area contributed by atoms with Crippen molar-refractivity contribution in [3.05, 3.63) is 116 Å². The number of hydrogen-bond acceptors (Lipinski definition) is 6. The molecule has 0 bridgehead atoms. The number of likely N-dealkylation sites (tertiary alicyclic amines) is 1. The second-order valence-electron chi connectivity index (χ2n) is 11.7. The van der Waals surface area contributed by atoms with Crippen molar-refractivity contribution in [3.8, 4) is 23.0 Å². The van der Waals surface area contributed by atoms with Crippen molar-refractivity contribution in [1.29, 1.82) is 0 Å². The topological polar surface area (TPSA) is 94.5 Å². The largest absolute Gasteiger partial charge is 0.497 e. The molecule has 1 N–H and O–H groups in total. The van der Waals surface area contributed by atoms with E-state index in [-0.39, 0.29) is 17.5 Å². The van der Waals surface area contributed by atoms with Crippen LogP contribution in [-0.2, 0) is 0 Å². The molecule has 10 heteroatoms. The van der Waals surface area contributed by atoms with Gasteiger partial charge in [-0.1, -0.05) is 37.1 Å². The number of carbonyl (C=O) groups excluding carboxylic acids is 1. The van der Waals surface area contributed by atoms with E-state index in [2.05, 4.69) is 56.1 Å². The van der Waals surface area contributed by atoms with Crippen LogP contribution in [0.1, 0.15) is 82.3 Å². The Morgan fingerprint density at radius 1 is 0.653 bits per heavy atom. The van der Waals surface area contributed by atoms with Crippen LogP contribution < -0.4 is 18.9 Å². The molecule has 1 saturated heterocycles. The summed E-state index contributed by atoms with van der Waals surface area (Å²) >= 11 is 6.65. The van der Waals surface area contributed by atoms with E-state index in [1.54, 1.807) is 33.5 Å². The van der Waals surface area contributed by atoms with Crippen LogP contribution in [0.2, 0.25) is 0 Å². The smallest absolute Gasteiger partial charge is 0.335 e. The molecule has 1 heterocycles. The predicted octanol–water partition coefficient (Wildman–Crippen LogP) is 9.95. The first kappa shape index (κ1) is 37.8. The first-order valence-electron chi connectivity index (χ1n) is 16.2. The van der Waals surface area contributed by atoms with Gasteiger partial charge in [-0.15, -0.1) is 0 Å². The third-order valence-corrected chi connectivity index (χ3v) is 10.0. The number of halogens is 2. The average Bonchev–Trinajstić information content (AvgIpc) is 3.86. The lowest BCUT2D eigenvalue weighted by Gasteiger charge is -2.25. The lowest BCUT2D eigenvalue weighted by molar-refractivity contribution is 0.0694. The van der Waals surface area contributed by atoms with Crippen molar-refractivity contribution >= 4 is 43.7 Å². The molecule has 2 aliphatic rings. The zero-order valence-electron chi connectivity index (χ0n) is 28.3. The van der Waals surface area contributed by atoms with E-state index in [1.807, 2.05) is 41.3 Å². The number of benzene rings is 4. The number of carboxylic acid groups (broad SMARTS) is 1. The Hall–Kier alpha value is -4.02. The first-order chi connectivity index (χ1) is 23.7. The fourth-order valence-corrected chi connectivity index (χ4v) is 6.93. The maximum absolute atomic E-state index is 13.0. The number of carbonyl (C=O) groups is 2. The zero-order chi connectivity index (χ0) is 35.3. The van der Waals surface area contributed by atoms with E-state index in [9.17, 15) is 9.59 Å². The van der Waals surface area contributed by atoms with Gasteiger partial charge in [0.15, 0.2) is 0 Å². The summed E-state index contributed by atoms with van der Waals surface area (Å²) in [4.78, 5) is 25.4. The van der Waals surface area contributed by atoms with E-state index in [0.717, 1.165) is 51.3 Å². The zero-order valence-corrected chi connectivity index (χ0v) is 31.5. The molecule has 1 unspecified atom stereocenters. The second kappa shape index (κ2) is 18.7. The number of nitrogens with zero attached hydrogens (tertiary/aromatic N) is 1. The second-order valence-corrected chi connectivity index (χ2v) is 13.4. The highest BCUT2D eigenvalue weighted by molar-refractivity contribution is 9.10. The molecule has 1 aliphatic carbocycles. The Labute approximate surface area is 305 Å². The molecule has 6 rings (SSSR count). The van der Waals surface area contributed by atoms with Crippen LogP contribution in [0, 0.1) is 0 Å². The van der Waals surface area contributed by atoms with E-state index >= 15 is 0 Å². The standard InChI is InChI=1S/C19H20BrNO3.C12H16O.C8H7BrO3/c1-23-15-6-3-5-13(11-15)17-7-4-10-21(17)19(22)14-8-9-16(20)18(12-14)24-2;1-13-12-8-4-7-11(9-12)10-5-2-3-6-10;1-12-7-4-5(8(10)11)2-3-6(7)9/h3,5-6,8-9,11-12,17H,4,7,10H2,1-2H3;4,7-10H,2-3,5-6H2,1H3;2-4H,1H3,(H,10,11). The molecule has 1 amide bonds. The van der Waals surface area contributed by atoms with Crippen LogP contribution in [0.15, 0.2) is 93.9 Å². The average molecular weight is 798 g/mol. The van der Waals surface area contributed by atoms with Crippen LogP contribution >= 0.6 is 31.9 Å². The first-order valence-corrected chi connectivity index (χ1v) is 17.8. The lowest BCUT2D eigenvalue weighted by atomic mass is 9.98. The molecular weight excluding hydrogens is 754 g/mol. The van der Waals surface area contributed by atoms with Gasteiger partial charge in [0.1, 0.15) is 23.0 Å². The number of rotatable bonds is 8. The molecule has 4 aromatic rings. The molecule has 1 atom stereocenters. The molecule has 0 spiro atoms. The number of methoxy groups -OCH3 is 4. The van der Waals surface area contributed by atoms with Gasteiger partial charge in [0.2, 0.25) is 0 Å². The number of amides is 1. The number of aromatic carboxylic acids is 1. The fourth-order valence-electron chi connectivity index (χ4n) is 6.11. The van der Waals surface area contributed by atoms with Crippen molar-refractivity contribution in [3.63, 3.8) is 0 Å². The molecule has 0 aromatic heterocycles. The molecular formula is C39H43Br2NO7. The van der Waals surface area contributed by atoms with Gasteiger partial charge in [0.25, 0.3) is 5.91 Å². The van der Waals surface area contributed by atoms with Gasteiger partial charge in [0.05, 0.1) is 49.0 Å². The molecule has 260 valence electrons. The number of hydrogen-bond donors (Lipinski definition) is 1. The summed E-state index contributed by atoms with van der Waals surface area (Å²) in [5.74, 6) is 2.86. The van der Waals surface area contributed by atoms with Crippen molar-refractivity contribution in [1.82, 2.24) is 4.90 Å². The van der Waals surface area contributed by atoms with E-state index in [1.165, 1.54) is 50.5 Å². The highest BCUT2D eigenvalue weighted by atomic mass is 79.9. The van der Waals surface area contributed by atoms with E-state index < -0.39 is 5.97 Å². The fraction of sp³-hybridized carbons (Fsp3) is 0.333. The molecule has 8 nitrogen and oxygen atoms in total. The Morgan fingerprint density at radius 3 is 1.73 bits per heavy atom. The normalized spacial score (nSPS) is 15.3. The lowest BCUT2D eigenvalue weighted by Crippen LogP contribution is -2.30. The summed E-state index contributed by atoms with van der Waals surface area (Å²) in [5.41, 5.74) is 3.43. The van der Waals surface area contributed by atoms with Gasteiger partial charge < -0.3 is 29.0 Å². The van der Waals surface area contributed by atoms with Gasteiger partial charge in [0, 0.05) is 12.1 Å². The predicted molar refractivity (Wildman–Crippen MR) is 199 cm³/mol. The van der Waals surface area contributed by atoms with Crippen LogP contribution in [0.25, 0.3) is 0 Å². The maximum atomic E-state index is 13.0. The van der Waals surface area contributed by atoms with Crippen molar-refractivity contribution < 1.29 is 33.6 Å². The highest BCUT2D eigenvalue weighted by Gasteiger charge is 2.31. The summed E-state index contributed by atoms with van der Waals surface area (Å²) in [6.07, 6.45) is 7.46. The quantitative estimate of drug-likeness (QED) is 0.190. The molecule has 1 saturated carbocycles. The minimum atomic E-state index is -0.958. The summed E-state index contributed by atoms with van der Waals surface area (Å²) in [6, 6.07) is 26.6. The Bertz CT molecular complexity index is 1710.